The van der Waals surface area contributed by atoms with Crippen LogP contribution in [0.4, 0.5) is 5.69 Å². The van der Waals surface area contributed by atoms with E-state index in [0.717, 1.165) is 42.2 Å². The number of carbonyl (C=O) groups is 2. The summed E-state index contributed by atoms with van der Waals surface area (Å²) >= 11 is 0. The normalized spacial score (nSPS) is 16.0. The van der Waals surface area contributed by atoms with E-state index in [4.69, 9.17) is 14.2 Å². The van der Waals surface area contributed by atoms with Crippen molar-refractivity contribution in [3.8, 4) is 17.2 Å². The van der Waals surface area contributed by atoms with E-state index in [1.54, 1.807) is 53.6 Å². The van der Waals surface area contributed by atoms with Crippen LogP contribution in [0, 0.1) is 6.92 Å². The van der Waals surface area contributed by atoms with Gasteiger partial charge in [0, 0.05) is 28.4 Å². The van der Waals surface area contributed by atoms with E-state index in [-0.39, 0.29) is 31.1 Å². The van der Waals surface area contributed by atoms with Crippen LogP contribution in [0.5, 0.6) is 17.2 Å². The third kappa shape index (κ3) is 5.92. The molecule has 3 aromatic carbocycles. The van der Waals surface area contributed by atoms with Crippen molar-refractivity contribution in [2.75, 3.05) is 12.0 Å². The van der Waals surface area contributed by atoms with E-state index in [9.17, 15) is 18.0 Å². The molecule has 0 unspecified atom stereocenters. The molecule has 45 heavy (non-hydrogen) atoms. The summed E-state index contributed by atoms with van der Waals surface area (Å²) in [6.45, 7) is 2.12. The van der Waals surface area contributed by atoms with Gasteiger partial charge in [-0.1, -0.05) is 30.3 Å². The van der Waals surface area contributed by atoms with E-state index in [1.807, 2.05) is 19.1 Å². The van der Waals surface area contributed by atoms with Crippen molar-refractivity contribution in [2.24, 2.45) is 0 Å². The number of hydrogen-bond acceptors (Lipinski definition) is 8. The Bertz CT molecular complexity index is 1950. The number of benzene rings is 3. The van der Waals surface area contributed by atoms with Gasteiger partial charge in [-0.2, -0.15) is 0 Å². The average Bonchev–Trinajstić information content (AvgIpc) is 3.95. The molecule has 11 heteroatoms. The number of hydrogen-bond donors (Lipinski definition) is 1. The topological polar surface area (TPSA) is 124 Å². The minimum Gasteiger partial charge on any atom is -0.496 e. The number of carbonyl (C=O) groups excluding carboxylic acids is 2. The van der Waals surface area contributed by atoms with Crippen molar-refractivity contribution < 1.29 is 32.2 Å². The molecule has 232 valence electrons. The number of nitrogens with one attached hydrogen (secondary N) is 1. The molecule has 1 aliphatic heterocycles. The molecule has 2 heterocycles. The highest BCUT2D eigenvalue weighted by Gasteiger charge is 2.40. The maximum absolute atomic E-state index is 14.1. The predicted octanol–water partition coefficient (Wildman–Crippen LogP) is 4.98. The molecule has 2 aliphatic carbocycles. The number of aryl methyl sites for hydroxylation is 1. The molecule has 10 nitrogen and oxygen atoms in total. The van der Waals surface area contributed by atoms with E-state index in [0.29, 0.717) is 45.1 Å². The van der Waals surface area contributed by atoms with Gasteiger partial charge in [0.15, 0.2) is 5.75 Å². The number of aromatic nitrogens is 1. The molecule has 0 bridgehead atoms. The second-order valence-electron chi connectivity index (χ2n) is 11.8. The van der Waals surface area contributed by atoms with Gasteiger partial charge in [-0.15, -0.1) is 0 Å². The SMILES string of the molecule is COc1ccccc1CC(=O)NS(=O)(=O)Cc1ccc(N2Cc3c(c(OC4CC4)c4cccnc4c3OC3CC3)C2=O)c(C)c1. The van der Waals surface area contributed by atoms with Gasteiger partial charge in [0.05, 0.1) is 43.6 Å². The number of methoxy groups -OCH3 is 1. The second-order valence-corrected chi connectivity index (χ2v) is 13.6. The zero-order chi connectivity index (χ0) is 31.3. The molecule has 0 spiro atoms. The Kier molecular flexibility index (Phi) is 7.35. The molecule has 0 atom stereocenters. The number of pyridine rings is 1. The monoisotopic (exact) mass is 627 g/mol. The Morgan fingerprint density at radius 1 is 1.00 bits per heavy atom. The van der Waals surface area contributed by atoms with Crippen LogP contribution < -0.4 is 23.8 Å². The van der Waals surface area contributed by atoms with Crippen molar-refractivity contribution in [2.45, 2.75) is 63.5 Å². The lowest BCUT2D eigenvalue weighted by Crippen LogP contribution is -2.33. The van der Waals surface area contributed by atoms with Gasteiger partial charge < -0.3 is 19.1 Å². The van der Waals surface area contributed by atoms with Crippen molar-refractivity contribution in [1.82, 2.24) is 9.71 Å². The molecule has 1 N–H and O–H groups in total. The maximum Gasteiger partial charge on any atom is 0.262 e. The highest BCUT2D eigenvalue weighted by Crippen LogP contribution is 2.48. The molecular formula is C34H33N3O7S. The van der Waals surface area contributed by atoms with Crippen molar-refractivity contribution in [3.05, 3.63) is 88.6 Å². The van der Waals surface area contributed by atoms with Gasteiger partial charge in [0.2, 0.25) is 15.9 Å². The summed E-state index contributed by atoms with van der Waals surface area (Å²) in [6, 6.07) is 15.9. The third-order valence-corrected chi connectivity index (χ3v) is 9.44. The highest BCUT2D eigenvalue weighted by molar-refractivity contribution is 7.89. The number of ether oxygens (including phenoxy) is 3. The predicted molar refractivity (Wildman–Crippen MR) is 168 cm³/mol. The zero-order valence-corrected chi connectivity index (χ0v) is 25.9. The quantitative estimate of drug-likeness (QED) is 0.247. The molecule has 1 aromatic heterocycles. The zero-order valence-electron chi connectivity index (χ0n) is 25.0. The van der Waals surface area contributed by atoms with Crippen molar-refractivity contribution in [3.63, 3.8) is 0 Å². The Balaban J connectivity index is 1.14. The van der Waals surface area contributed by atoms with Crippen LogP contribution in [0.3, 0.4) is 0 Å². The number of fused-ring (bicyclic) bond motifs is 2. The summed E-state index contributed by atoms with van der Waals surface area (Å²) in [4.78, 5) is 33.0. The minimum atomic E-state index is -3.98. The number of para-hydroxylation sites is 1. The first-order chi connectivity index (χ1) is 21.7. The van der Waals surface area contributed by atoms with Gasteiger partial charge in [-0.25, -0.2) is 8.42 Å². The number of amides is 2. The summed E-state index contributed by atoms with van der Waals surface area (Å²) in [7, 11) is -2.49. The van der Waals surface area contributed by atoms with Crippen molar-refractivity contribution in [1.29, 1.82) is 0 Å². The maximum atomic E-state index is 14.1. The van der Waals surface area contributed by atoms with Crippen LogP contribution in [-0.2, 0) is 33.5 Å². The van der Waals surface area contributed by atoms with Crippen LogP contribution in [-0.4, -0.2) is 44.5 Å². The van der Waals surface area contributed by atoms with Crippen LogP contribution in [0.1, 0.15) is 58.3 Å². The molecule has 7 rings (SSSR count). The highest BCUT2D eigenvalue weighted by atomic mass is 32.2. The average molecular weight is 628 g/mol. The minimum absolute atomic E-state index is 0.0766. The molecule has 0 radical (unpaired) electrons. The summed E-state index contributed by atoms with van der Waals surface area (Å²) < 4.78 is 46.0. The second kappa shape index (κ2) is 11.4. The van der Waals surface area contributed by atoms with Crippen molar-refractivity contribution >= 4 is 38.4 Å². The first-order valence-corrected chi connectivity index (χ1v) is 16.7. The molecular weight excluding hydrogens is 594 g/mol. The Hall–Kier alpha value is -4.64. The Labute approximate surface area is 261 Å². The summed E-state index contributed by atoms with van der Waals surface area (Å²) in [6.07, 6.45) is 5.59. The molecule has 2 fully saturated rings. The first-order valence-electron chi connectivity index (χ1n) is 15.0. The fraction of sp³-hybridized carbons (Fsp3) is 0.324. The lowest BCUT2D eigenvalue weighted by molar-refractivity contribution is -0.118. The molecule has 4 aromatic rings. The third-order valence-electron chi connectivity index (χ3n) is 8.18. The van der Waals surface area contributed by atoms with E-state index in [2.05, 4.69) is 9.71 Å². The van der Waals surface area contributed by atoms with E-state index >= 15 is 0 Å². The van der Waals surface area contributed by atoms with Crippen LogP contribution in [0.2, 0.25) is 0 Å². The van der Waals surface area contributed by atoms with Crippen LogP contribution in [0.15, 0.2) is 60.8 Å². The standard InChI is InChI=1S/C34H33N3O7S/c1-20-16-21(19-45(40,41)36-29(38)17-22-6-3-4-8-28(22)42-2)9-14-27(20)37-18-26-30(34(37)39)32(43-23-10-11-23)25-7-5-15-35-31(25)33(26)44-24-12-13-24/h3-9,14-16,23-24H,10-13,17-19H2,1-2H3,(H,36,38). The number of sulfonamides is 1. The van der Waals surface area contributed by atoms with E-state index in [1.165, 1.54) is 7.11 Å². The van der Waals surface area contributed by atoms with Crippen LogP contribution in [0.25, 0.3) is 10.9 Å². The smallest absolute Gasteiger partial charge is 0.262 e. The van der Waals surface area contributed by atoms with Gasteiger partial charge in [0.1, 0.15) is 17.0 Å². The van der Waals surface area contributed by atoms with E-state index < -0.39 is 21.7 Å². The molecule has 2 saturated carbocycles. The number of anilines is 1. The number of nitrogens with zero attached hydrogens (tertiary/aromatic N) is 2. The largest absolute Gasteiger partial charge is 0.496 e. The fourth-order valence-electron chi connectivity index (χ4n) is 5.79. The first kappa shape index (κ1) is 29.1. The molecule has 3 aliphatic rings. The van der Waals surface area contributed by atoms with Gasteiger partial charge in [0.25, 0.3) is 5.91 Å². The van der Waals surface area contributed by atoms with Gasteiger partial charge in [-0.3, -0.25) is 19.3 Å². The lowest BCUT2D eigenvalue weighted by Gasteiger charge is -2.19. The molecule has 2 amide bonds. The summed E-state index contributed by atoms with van der Waals surface area (Å²) in [5.41, 5.74) is 4.41. The Morgan fingerprint density at radius 3 is 2.44 bits per heavy atom. The van der Waals surface area contributed by atoms with Gasteiger partial charge in [-0.05, 0) is 68.0 Å². The summed E-state index contributed by atoms with van der Waals surface area (Å²) in [5.74, 6) is 0.455. The van der Waals surface area contributed by atoms with Gasteiger partial charge >= 0.3 is 0 Å². The lowest BCUT2D eigenvalue weighted by atomic mass is 10.0. The van der Waals surface area contributed by atoms with Crippen LogP contribution >= 0.6 is 0 Å². The number of rotatable bonds is 11. The summed E-state index contributed by atoms with van der Waals surface area (Å²) in [5, 5.41) is 0.763. The molecule has 0 saturated heterocycles. The fourth-order valence-corrected chi connectivity index (χ4v) is 6.90. The Morgan fingerprint density at radius 2 is 1.73 bits per heavy atom.